The number of hydrogen-bond acceptors (Lipinski definition) is 3. The minimum atomic E-state index is -0.0363. The molecule has 152 valence electrons. The molecule has 0 radical (unpaired) electrons. The molecule has 0 unspecified atom stereocenters. The van der Waals surface area contributed by atoms with E-state index in [-0.39, 0.29) is 11.8 Å². The smallest absolute Gasteiger partial charge is 0.253 e. The number of aryl methyl sites for hydroxylation is 1. The van der Waals surface area contributed by atoms with E-state index in [9.17, 15) is 9.59 Å². The van der Waals surface area contributed by atoms with E-state index in [2.05, 4.69) is 35.3 Å². The van der Waals surface area contributed by atoms with E-state index in [4.69, 9.17) is 0 Å². The minimum absolute atomic E-state index is 0.0363. The molecule has 0 aromatic heterocycles. The molecule has 2 aliphatic heterocycles. The Bertz CT molecular complexity index is 870. The number of nitrogens with one attached hydrogen (secondary N) is 1. The van der Waals surface area contributed by atoms with Gasteiger partial charge in [-0.3, -0.25) is 9.59 Å². The lowest BCUT2D eigenvalue weighted by Gasteiger charge is -2.30. The maximum atomic E-state index is 12.7. The van der Waals surface area contributed by atoms with Crippen LogP contribution in [0.5, 0.6) is 0 Å². The van der Waals surface area contributed by atoms with Crippen molar-refractivity contribution in [2.24, 2.45) is 5.92 Å². The molecule has 1 N–H and O–H groups in total. The molecule has 0 saturated carbocycles. The molecule has 29 heavy (non-hydrogen) atoms. The van der Waals surface area contributed by atoms with Gasteiger partial charge in [-0.25, -0.2) is 0 Å². The van der Waals surface area contributed by atoms with Crippen LogP contribution < -0.4 is 10.2 Å². The first-order chi connectivity index (χ1) is 14.1. The molecule has 1 fully saturated rings. The van der Waals surface area contributed by atoms with Crippen molar-refractivity contribution in [3.05, 3.63) is 59.7 Å². The molecule has 2 amide bonds. The Hall–Kier alpha value is -2.82. The largest absolute Gasteiger partial charge is 0.362 e. The highest BCUT2D eigenvalue weighted by Gasteiger charge is 2.22. The molecule has 1 saturated heterocycles. The summed E-state index contributed by atoms with van der Waals surface area (Å²) in [6, 6.07) is 15.6. The Labute approximate surface area is 172 Å². The molecular weight excluding hydrogens is 362 g/mol. The number of carbonyl (C=O) groups is 2. The second-order valence-electron chi connectivity index (χ2n) is 8.25. The minimum Gasteiger partial charge on any atom is -0.362 e. The van der Waals surface area contributed by atoms with Crippen LogP contribution in [-0.4, -0.2) is 42.9 Å². The maximum Gasteiger partial charge on any atom is 0.253 e. The fourth-order valence-corrected chi connectivity index (χ4v) is 4.24. The lowest BCUT2D eigenvalue weighted by Crippen LogP contribution is -2.38. The van der Waals surface area contributed by atoms with Gasteiger partial charge >= 0.3 is 0 Å². The third-order valence-electron chi connectivity index (χ3n) is 6.03. The van der Waals surface area contributed by atoms with Gasteiger partial charge in [-0.15, -0.1) is 0 Å². The van der Waals surface area contributed by atoms with Crippen LogP contribution >= 0.6 is 0 Å². The summed E-state index contributed by atoms with van der Waals surface area (Å²) in [6.45, 7) is 5.13. The van der Waals surface area contributed by atoms with Crippen molar-refractivity contribution in [1.82, 2.24) is 4.90 Å². The van der Waals surface area contributed by atoms with Crippen LogP contribution in [0.2, 0.25) is 0 Å². The Morgan fingerprint density at radius 2 is 1.72 bits per heavy atom. The van der Waals surface area contributed by atoms with E-state index in [1.165, 1.54) is 5.56 Å². The number of carbonyl (C=O) groups excluding carboxylic acids is 2. The number of anilines is 2. The molecule has 0 spiro atoms. The summed E-state index contributed by atoms with van der Waals surface area (Å²) in [6.07, 6.45) is 4.27. The third-order valence-corrected chi connectivity index (χ3v) is 6.03. The Morgan fingerprint density at radius 3 is 2.48 bits per heavy atom. The molecule has 5 nitrogen and oxygen atoms in total. The van der Waals surface area contributed by atoms with Crippen LogP contribution in [0.25, 0.3) is 0 Å². The number of para-hydroxylation sites is 1. The first-order valence-electron chi connectivity index (χ1n) is 10.6. The number of piperidine rings is 1. The van der Waals surface area contributed by atoms with Crippen LogP contribution in [0.4, 0.5) is 11.4 Å². The first-order valence-corrected chi connectivity index (χ1v) is 10.6. The van der Waals surface area contributed by atoms with Crippen molar-refractivity contribution in [3.63, 3.8) is 0 Å². The zero-order valence-corrected chi connectivity index (χ0v) is 17.1. The van der Waals surface area contributed by atoms with E-state index in [1.54, 1.807) is 0 Å². The van der Waals surface area contributed by atoms with Crippen molar-refractivity contribution in [2.45, 2.75) is 32.6 Å². The second-order valence-corrected chi connectivity index (χ2v) is 8.25. The molecular formula is C24H29N3O2. The van der Waals surface area contributed by atoms with Gasteiger partial charge in [0.2, 0.25) is 5.91 Å². The monoisotopic (exact) mass is 391 g/mol. The summed E-state index contributed by atoms with van der Waals surface area (Å²) < 4.78 is 0. The van der Waals surface area contributed by atoms with Crippen molar-refractivity contribution in [2.75, 3.05) is 36.4 Å². The van der Waals surface area contributed by atoms with Gasteiger partial charge in [0.05, 0.1) is 6.54 Å². The Balaban J connectivity index is 1.34. The fourth-order valence-electron chi connectivity index (χ4n) is 4.24. The van der Waals surface area contributed by atoms with Gasteiger partial charge in [-0.1, -0.05) is 25.1 Å². The van der Waals surface area contributed by atoms with Crippen molar-refractivity contribution < 1.29 is 9.59 Å². The van der Waals surface area contributed by atoms with Gasteiger partial charge in [0.15, 0.2) is 0 Å². The second kappa shape index (κ2) is 8.68. The highest BCUT2D eigenvalue weighted by atomic mass is 16.2. The summed E-state index contributed by atoms with van der Waals surface area (Å²) >= 11 is 0. The van der Waals surface area contributed by atoms with E-state index in [0.717, 1.165) is 56.7 Å². The highest BCUT2D eigenvalue weighted by molar-refractivity contribution is 5.97. The SMILES string of the molecule is CC1CCN(C(=O)c2ccc(NC(=O)CN3CCCc4ccccc43)cc2)CC1. The number of amides is 2. The Morgan fingerprint density at radius 1 is 1.00 bits per heavy atom. The lowest BCUT2D eigenvalue weighted by atomic mass is 9.98. The van der Waals surface area contributed by atoms with Gasteiger partial charge in [0.25, 0.3) is 5.91 Å². The van der Waals surface area contributed by atoms with Gasteiger partial charge in [-0.05, 0) is 67.5 Å². The number of benzene rings is 2. The van der Waals surface area contributed by atoms with Crippen LogP contribution in [0, 0.1) is 5.92 Å². The van der Waals surface area contributed by atoms with E-state index in [1.807, 2.05) is 35.2 Å². The van der Waals surface area contributed by atoms with Crippen molar-refractivity contribution in [1.29, 1.82) is 0 Å². The van der Waals surface area contributed by atoms with Crippen LogP contribution in [0.1, 0.15) is 42.1 Å². The zero-order chi connectivity index (χ0) is 20.2. The van der Waals surface area contributed by atoms with Gasteiger partial charge in [0, 0.05) is 36.6 Å². The quantitative estimate of drug-likeness (QED) is 0.859. The molecule has 5 heteroatoms. The van der Waals surface area contributed by atoms with E-state index in [0.29, 0.717) is 18.0 Å². The lowest BCUT2D eigenvalue weighted by molar-refractivity contribution is -0.115. The van der Waals surface area contributed by atoms with Crippen LogP contribution in [0.3, 0.4) is 0 Å². The van der Waals surface area contributed by atoms with Crippen LogP contribution in [-0.2, 0) is 11.2 Å². The number of likely N-dealkylation sites (tertiary alicyclic amines) is 1. The fraction of sp³-hybridized carbons (Fsp3) is 0.417. The summed E-state index contributed by atoms with van der Waals surface area (Å²) in [7, 11) is 0. The summed E-state index contributed by atoms with van der Waals surface area (Å²) in [5, 5.41) is 2.97. The standard InChI is InChI=1S/C24H29N3O2/c1-18-12-15-26(16-13-18)24(29)20-8-10-21(11-9-20)25-23(28)17-27-14-4-6-19-5-2-3-7-22(19)27/h2-3,5,7-11,18H,4,6,12-17H2,1H3,(H,25,28). The zero-order valence-electron chi connectivity index (χ0n) is 17.1. The normalized spacial score (nSPS) is 17.0. The van der Waals surface area contributed by atoms with E-state index >= 15 is 0 Å². The predicted molar refractivity (Wildman–Crippen MR) is 116 cm³/mol. The average molecular weight is 392 g/mol. The molecule has 0 bridgehead atoms. The summed E-state index contributed by atoms with van der Waals surface area (Å²) in [5.74, 6) is 0.744. The van der Waals surface area contributed by atoms with Crippen molar-refractivity contribution in [3.8, 4) is 0 Å². The molecule has 2 aromatic rings. The van der Waals surface area contributed by atoms with Gasteiger partial charge < -0.3 is 15.1 Å². The van der Waals surface area contributed by atoms with Crippen LogP contribution in [0.15, 0.2) is 48.5 Å². The topological polar surface area (TPSA) is 52.7 Å². The van der Waals surface area contributed by atoms with Gasteiger partial charge in [-0.2, -0.15) is 0 Å². The average Bonchev–Trinajstić information content (AvgIpc) is 2.74. The Kier molecular flexibility index (Phi) is 5.84. The molecule has 2 aromatic carbocycles. The number of fused-ring (bicyclic) bond motifs is 1. The first kappa shape index (κ1) is 19.5. The summed E-state index contributed by atoms with van der Waals surface area (Å²) in [4.78, 5) is 29.3. The number of hydrogen-bond donors (Lipinski definition) is 1. The molecule has 2 heterocycles. The maximum absolute atomic E-state index is 12.7. The predicted octanol–water partition coefficient (Wildman–Crippen LogP) is 3.95. The molecule has 4 rings (SSSR count). The van der Waals surface area contributed by atoms with Crippen molar-refractivity contribution >= 4 is 23.2 Å². The molecule has 0 atom stereocenters. The van der Waals surface area contributed by atoms with Gasteiger partial charge in [0.1, 0.15) is 0 Å². The molecule has 0 aliphatic carbocycles. The number of nitrogens with zero attached hydrogens (tertiary/aromatic N) is 2. The summed E-state index contributed by atoms with van der Waals surface area (Å²) in [5.41, 5.74) is 3.87. The highest BCUT2D eigenvalue weighted by Crippen LogP contribution is 2.26. The molecule has 2 aliphatic rings. The third kappa shape index (κ3) is 4.61. The number of rotatable bonds is 4. The van der Waals surface area contributed by atoms with E-state index < -0.39 is 0 Å².